The van der Waals surface area contributed by atoms with Crippen molar-refractivity contribution in [2.75, 3.05) is 24.7 Å². The van der Waals surface area contributed by atoms with Crippen LogP contribution < -0.4 is 4.74 Å². The van der Waals surface area contributed by atoms with Crippen molar-refractivity contribution >= 4 is 35.2 Å². The van der Waals surface area contributed by atoms with E-state index in [1.165, 1.54) is 0 Å². The molecular formula is C16H20ClNO4S. The van der Waals surface area contributed by atoms with Crippen LogP contribution in [-0.2, 0) is 9.59 Å². The van der Waals surface area contributed by atoms with Crippen LogP contribution in [0.4, 0.5) is 0 Å². The number of hydrogen-bond donors (Lipinski definition) is 1. The van der Waals surface area contributed by atoms with Crippen molar-refractivity contribution in [3.05, 3.63) is 29.3 Å². The minimum atomic E-state index is -0.864. The third-order valence-corrected chi connectivity index (χ3v) is 4.99. The maximum absolute atomic E-state index is 12.3. The second-order valence-electron chi connectivity index (χ2n) is 5.30. The summed E-state index contributed by atoms with van der Waals surface area (Å²) >= 11 is 7.69. The molecule has 126 valence electrons. The molecule has 5 nitrogen and oxygen atoms in total. The number of halogens is 1. The van der Waals surface area contributed by atoms with Gasteiger partial charge in [0.1, 0.15) is 5.75 Å². The van der Waals surface area contributed by atoms with Gasteiger partial charge in [-0.2, -0.15) is 11.8 Å². The minimum Gasteiger partial charge on any atom is -0.492 e. The molecule has 1 heterocycles. The van der Waals surface area contributed by atoms with Gasteiger partial charge < -0.3 is 14.7 Å². The van der Waals surface area contributed by atoms with Crippen LogP contribution in [0.3, 0.4) is 0 Å². The Morgan fingerprint density at radius 1 is 1.39 bits per heavy atom. The monoisotopic (exact) mass is 357 g/mol. The number of para-hydroxylation sites is 1. The Hall–Kier alpha value is -1.40. The first-order valence-corrected chi connectivity index (χ1v) is 9.07. The fourth-order valence-electron chi connectivity index (χ4n) is 2.46. The SMILES string of the molecule is O=C(O)CC1CSCCN1C(=O)CCCOc1ccccc1Cl. The van der Waals surface area contributed by atoms with Gasteiger partial charge in [-0.05, 0) is 18.6 Å². The molecule has 0 radical (unpaired) electrons. The molecule has 7 heteroatoms. The van der Waals surface area contributed by atoms with E-state index in [1.807, 2.05) is 12.1 Å². The number of carboxylic acids is 1. The molecule has 0 bridgehead atoms. The molecule has 1 aromatic rings. The van der Waals surface area contributed by atoms with Crippen LogP contribution in [0.2, 0.25) is 5.02 Å². The summed E-state index contributed by atoms with van der Waals surface area (Å²) in [5.74, 6) is 1.29. The van der Waals surface area contributed by atoms with Crippen molar-refractivity contribution in [2.45, 2.75) is 25.3 Å². The number of thioether (sulfide) groups is 1. The maximum atomic E-state index is 12.3. The summed E-state index contributed by atoms with van der Waals surface area (Å²) in [6.45, 7) is 1.02. The molecule has 1 N–H and O–H groups in total. The van der Waals surface area contributed by atoms with E-state index in [2.05, 4.69) is 0 Å². The lowest BCUT2D eigenvalue weighted by Gasteiger charge is -2.34. The largest absolute Gasteiger partial charge is 0.492 e. The Morgan fingerprint density at radius 2 is 2.17 bits per heavy atom. The van der Waals surface area contributed by atoms with Crippen molar-refractivity contribution in [1.29, 1.82) is 0 Å². The van der Waals surface area contributed by atoms with Gasteiger partial charge in [-0.1, -0.05) is 23.7 Å². The van der Waals surface area contributed by atoms with Crippen molar-refractivity contribution in [2.24, 2.45) is 0 Å². The van der Waals surface area contributed by atoms with Crippen LogP contribution in [0, 0.1) is 0 Å². The summed E-state index contributed by atoms with van der Waals surface area (Å²) < 4.78 is 5.57. The molecule has 1 unspecified atom stereocenters. The van der Waals surface area contributed by atoms with E-state index in [0.29, 0.717) is 42.5 Å². The van der Waals surface area contributed by atoms with E-state index in [0.717, 1.165) is 5.75 Å². The highest BCUT2D eigenvalue weighted by molar-refractivity contribution is 7.99. The second-order valence-corrected chi connectivity index (χ2v) is 6.85. The molecule has 1 atom stereocenters. The molecule has 1 aromatic carbocycles. The lowest BCUT2D eigenvalue weighted by atomic mass is 10.1. The van der Waals surface area contributed by atoms with Gasteiger partial charge >= 0.3 is 5.97 Å². The van der Waals surface area contributed by atoms with Gasteiger partial charge in [0.15, 0.2) is 0 Å². The predicted molar refractivity (Wildman–Crippen MR) is 91.3 cm³/mol. The number of aliphatic carboxylic acids is 1. The molecule has 1 amide bonds. The normalized spacial score (nSPS) is 17.8. The average Bonchev–Trinajstić information content (AvgIpc) is 2.53. The molecule has 0 aliphatic carbocycles. The zero-order chi connectivity index (χ0) is 16.7. The molecule has 0 aromatic heterocycles. The number of benzene rings is 1. The zero-order valence-electron chi connectivity index (χ0n) is 12.7. The summed E-state index contributed by atoms with van der Waals surface area (Å²) in [5.41, 5.74) is 0. The van der Waals surface area contributed by atoms with Crippen molar-refractivity contribution < 1.29 is 19.4 Å². The summed E-state index contributed by atoms with van der Waals surface area (Å²) in [4.78, 5) is 24.9. The van der Waals surface area contributed by atoms with Gasteiger partial charge in [0.2, 0.25) is 5.91 Å². The van der Waals surface area contributed by atoms with Gasteiger partial charge in [0.25, 0.3) is 0 Å². The third-order valence-electron chi connectivity index (χ3n) is 3.59. The van der Waals surface area contributed by atoms with Crippen LogP contribution in [0.15, 0.2) is 24.3 Å². The fourth-order valence-corrected chi connectivity index (χ4v) is 3.72. The summed E-state index contributed by atoms with van der Waals surface area (Å²) in [6.07, 6.45) is 0.938. The Kier molecular flexibility index (Phi) is 7.05. The highest BCUT2D eigenvalue weighted by atomic mass is 35.5. The lowest BCUT2D eigenvalue weighted by Crippen LogP contribution is -2.47. The number of rotatable bonds is 7. The summed E-state index contributed by atoms with van der Waals surface area (Å²) in [5, 5.41) is 9.50. The number of hydrogen-bond acceptors (Lipinski definition) is 4. The molecule has 0 spiro atoms. The van der Waals surface area contributed by atoms with Crippen molar-refractivity contribution in [3.63, 3.8) is 0 Å². The first-order valence-electron chi connectivity index (χ1n) is 7.54. The van der Waals surface area contributed by atoms with E-state index in [1.54, 1.807) is 28.8 Å². The highest BCUT2D eigenvalue weighted by Gasteiger charge is 2.28. The first-order chi connectivity index (χ1) is 11.1. The van der Waals surface area contributed by atoms with Crippen molar-refractivity contribution in [3.8, 4) is 5.75 Å². The van der Waals surface area contributed by atoms with Crippen LogP contribution in [0.25, 0.3) is 0 Å². The van der Waals surface area contributed by atoms with Gasteiger partial charge in [-0.25, -0.2) is 0 Å². The topological polar surface area (TPSA) is 66.8 Å². The number of carboxylic acid groups (broad SMARTS) is 1. The molecule has 1 aliphatic rings. The van der Waals surface area contributed by atoms with Gasteiger partial charge in [-0.3, -0.25) is 9.59 Å². The number of nitrogens with zero attached hydrogens (tertiary/aromatic N) is 1. The van der Waals surface area contributed by atoms with E-state index < -0.39 is 5.97 Å². The van der Waals surface area contributed by atoms with E-state index in [4.69, 9.17) is 21.4 Å². The number of carbonyl (C=O) groups excluding carboxylic acids is 1. The van der Waals surface area contributed by atoms with Gasteiger partial charge in [0, 0.05) is 24.5 Å². The molecule has 1 saturated heterocycles. The van der Waals surface area contributed by atoms with E-state index >= 15 is 0 Å². The van der Waals surface area contributed by atoms with Crippen molar-refractivity contribution in [1.82, 2.24) is 4.90 Å². The summed E-state index contributed by atoms with van der Waals surface area (Å²) in [7, 11) is 0. The number of carbonyl (C=O) groups is 2. The quantitative estimate of drug-likeness (QED) is 0.760. The van der Waals surface area contributed by atoms with Crippen LogP contribution in [0.1, 0.15) is 19.3 Å². The lowest BCUT2D eigenvalue weighted by molar-refractivity contribution is -0.140. The molecule has 0 saturated carbocycles. The Labute approximate surface area is 144 Å². The summed E-state index contributed by atoms with van der Waals surface area (Å²) in [6, 6.07) is 7.01. The zero-order valence-corrected chi connectivity index (χ0v) is 14.3. The molecular weight excluding hydrogens is 338 g/mol. The van der Waals surface area contributed by atoms with Crippen LogP contribution in [-0.4, -0.2) is 52.6 Å². The predicted octanol–water partition coefficient (Wildman–Crippen LogP) is 2.92. The minimum absolute atomic E-state index is 0.000640. The Morgan fingerprint density at radius 3 is 2.91 bits per heavy atom. The van der Waals surface area contributed by atoms with Crippen LogP contribution >= 0.6 is 23.4 Å². The van der Waals surface area contributed by atoms with Crippen LogP contribution in [0.5, 0.6) is 5.75 Å². The molecule has 2 rings (SSSR count). The highest BCUT2D eigenvalue weighted by Crippen LogP contribution is 2.23. The molecule has 23 heavy (non-hydrogen) atoms. The number of ether oxygens (including phenoxy) is 1. The Bertz CT molecular complexity index is 555. The smallest absolute Gasteiger partial charge is 0.305 e. The third kappa shape index (κ3) is 5.62. The fraction of sp³-hybridized carbons (Fsp3) is 0.500. The number of amides is 1. The van der Waals surface area contributed by atoms with E-state index in [-0.39, 0.29) is 18.4 Å². The van der Waals surface area contributed by atoms with E-state index in [9.17, 15) is 9.59 Å². The standard InChI is InChI=1S/C16H20ClNO4S/c17-13-4-1-2-5-14(13)22-8-3-6-15(19)18-7-9-23-11-12(18)10-16(20)21/h1-2,4-5,12H,3,6-11H2,(H,20,21). The van der Waals surface area contributed by atoms with Gasteiger partial charge in [-0.15, -0.1) is 0 Å². The molecule has 1 aliphatic heterocycles. The Balaban J connectivity index is 1.77. The average molecular weight is 358 g/mol. The molecule has 1 fully saturated rings. The maximum Gasteiger partial charge on any atom is 0.305 e. The first kappa shape index (κ1) is 17.9. The second kappa shape index (κ2) is 9.03. The van der Waals surface area contributed by atoms with Gasteiger partial charge in [0.05, 0.1) is 24.1 Å².